The summed E-state index contributed by atoms with van der Waals surface area (Å²) in [6.45, 7) is 2.12. The van der Waals surface area contributed by atoms with Crippen LogP contribution in [0.5, 0.6) is 0 Å². The summed E-state index contributed by atoms with van der Waals surface area (Å²) >= 11 is 0. The second-order valence-corrected chi connectivity index (χ2v) is 9.19. The molecule has 0 amide bonds. The van der Waals surface area contributed by atoms with E-state index < -0.39 is 26.1 Å². The highest BCUT2D eigenvalue weighted by Gasteiger charge is 2.47. The summed E-state index contributed by atoms with van der Waals surface area (Å²) in [5.74, 6) is -2.34. The maximum atomic E-state index is 13.1. The Bertz CT molecular complexity index is 953. The summed E-state index contributed by atoms with van der Waals surface area (Å²) in [7, 11) is -0.749. The zero-order valence-corrected chi connectivity index (χ0v) is 19.5. The van der Waals surface area contributed by atoms with Gasteiger partial charge in [-0.25, -0.2) is 4.79 Å². The Hall–Kier alpha value is -2.65. The summed E-state index contributed by atoms with van der Waals surface area (Å²) in [6.07, 6.45) is -1.35. The molecule has 2 unspecified atom stereocenters. The van der Waals surface area contributed by atoms with E-state index in [0.29, 0.717) is 0 Å². The van der Waals surface area contributed by atoms with Gasteiger partial charge in [0.05, 0.1) is 14.0 Å². The predicted octanol–water partition coefficient (Wildman–Crippen LogP) is 7.99. The van der Waals surface area contributed by atoms with Crippen LogP contribution in [0, 0.1) is 0 Å². The number of benzene rings is 3. The van der Waals surface area contributed by atoms with Crippen LogP contribution in [0.25, 0.3) is 0 Å². The van der Waals surface area contributed by atoms with Crippen LogP contribution in [0.1, 0.15) is 55.2 Å². The van der Waals surface area contributed by atoms with Crippen LogP contribution < -0.4 is 0 Å². The van der Waals surface area contributed by atoms with Crippen molar-refractivity contribution in [3.05, 3.63) is 108 Å². The van der Waals surface area contributed by atoms with E-state index in [2.05, 4.69) is 6.92 Å². The van der Waals surface area contributed by atoms with E-state index in [1.54, 1.807) is 0 Å². The molecule has 0 radical (unpaired) electrons. The molecule has 3 aromatic rings. The maximum Gasteiger partial charge on any atom is 0.491 e. The molecule has 0 heterocycles. The predicted molar refractivity (Wildman–Crippen MR) is 127 cm³/mol. The van der Waals surface area contributed by atoms with E-state index in [4.69, 9.17) is 4.52 Å². The van der Waals surface area contributed by atoms with E-state index in [1.807, 2.05) is 91.0 Å². The fourth-order valence-corrected chi connectivity index (χ4v) is 5.65. The molecule has 0 saturated heterocycles. The first kappa shape index (κ1) is 25.0. The molecule has 2 atom stereocenters. The van der Waals surface area contributed by atoms with Gasteiger partial charge in [-0.3, -0.25) is 0 Å². The van der Waals surface area contributed by atoms with Crippen LogP contribution in [0.15, 0.2) is 91.0 Å². The standard InChI is InChI=1S/C27H28F3O2P/c1-2-3-7-20-24(21-14-8-4-9-15-21)26(22-16-10-5-11-17-22,23-18-12-6-13-19-23)33-32-25(31)27(28,29)30/h4-6,8-19,24,33H,2-3,7,20H2,1H3. The normalized spacial score (nSPS) is 13.2. The Labute approximate surface area is 195 Å². The van der Waals surface area contributed by atoms with Crippen LogP contribution >= 0.6 is 8.81 Å². The van der Waals surface area contributed by atoms with E-state index in [-0.39, 0.29) is 5.92 Å². The number of hydrogen-bond acceptors (Lipinski definition) is 2. The quantitative estimate of drug-likeness (QED) is 0.221. The second kappa shape index (κ2) is 11.5. The van der Waals surface area contributed by atoms with Crippen molar-refractivity contribution in [1.82, 2.24) is 0 Å². The summed E-state index contributed by atoms with van der Waals surface area (Å²) in [6, 6.07) is 28.7. The molecule has 33 heavy (non-hydrogen) atoms. The van der Waals surface area contributed by atoms with E-state index in [1.165, 1.54) is 0 Å². The molecule has 0 spiro atoms. The largest absolute Gasteiger partial charge is 0.491 e. The van der Waals surface area contributed by atoms with Gasteiger partial charge in [0.1, 0.15) is 0 Å². The fourth-order valence-electron chi connectivity index (χ4n) is 4.26. The third-order valence-electron chi connectivity index (χ3n) is 5.82. The van der Waals surface area contributed by atoms with E-state index in [9.17, 15) is 18.0 Å². The molecule has 0 aromatic heterocycles. The van der Waals surface area contributed by atoms with Gasteiger partial charge in [0, 0.05) is 5.92 Å². The van der Waals surface area contributed by atoms with Gasteiger partial charge in [0.15, 0.2) is 0 Å². The number of unbranched alkanes of at least 4 members (excludes halogenated alkanes) is 2. The van der Waals surface area contributed by atoms with Crippen molar-refractivity contribution in [3.63, 3.8) is 0 Å². The van der Waals surface area contributed by atoms with Gasteiger partial charge in [-0.1, -0.05) is 117 Å². The van der Waals surface area contributed by atoms with Crippen molar-refractivity contribution in [2.75, 3.05) is 0 Å². The number of hydrogen-bond donors (Lipinski definition) is 0. The molecule has 0 aliphatic carbocycles. The molecule has 3 aromatic carbocycles. The van der Waals surface area contributed by atoms with E-state index in [0.717, 1.165) is 42.4 Å². The average molecular weight is 472 g/mol. The van der Waals surface area contributed by atoms with Crippen LogP contribution in [-0.2, 0) is 14.5 Å². The molecule has 0 bridgehead atoms. The molecular weight excluding hydrogens is 444 g/mol. The third kappa shape index (κ3) is 6.03. The minimum Gasteiger partial charge on any atom is -0.440 e. The van der Waals surface area contributed by atoms with Gasteiger partial charge in [0.2, 0.25) is 0 Å². The molecule has 3 rings (SSSR count). The number of halogens is 3. The molecule has 0 fully saturated rings. The Morgan fingerprint density at radius 3 is 1.76 bits per heavy atom. The van der Waals surface area contributed by atoms with E-state index >= 15 is 0 Å². The first-order valence-corrected chi connectivity index (χ1v) is 12.0. The zero-order valence-electron chi connectivity index (χ0n) is 18.5. The van der Waals surface area contributed by atoms with Gasteiger partial charge >= 0.3 is 12.1 Å². The topological polar surface area (TPSA) is 26.3 Å². The highest BCUT2D eigenvalue weighted by atomic mass is 31.1. The van der Waals surface area contributed by atoms with Gasteiger partial charge in [-0.05, 0) is 23.1 Å². The Morgan fingerprint density at radius 2 is 1.30 bits per heavy atom. The lowest BCUT2D eigenvalue weighted by Crippen LogP contribution is -2.33. The van der Waals surface area contributed by atoms with Crippen molar-refractivity contribution in [1.29, 1.82) is 0 Å². The summed E-state index contributed by atoms with van der Waals surface area (Å²) in [4.78, 5) is 11.9. The molecular formula is C27H28F3O2P. The molecule has 6 heteroatoms. The van der Waals surface area contributed by atoms with Crippen molar-refractivity contribution in [3.8, 4) is 0 Å². The van der Waals surface area contributed by atoms with Crippen LogP contribution in [0.3, 0.4) is 0 Å². The third-order valence-corrected chi connectivity index (χ3v) is 7.35. The maximum absolute atomic E-state index is 13.1. The van der Waals surface area contributed by atoms with Gasteiger partial charge < -0.3 is 4.52 Å². The first-order chi connectivity index (χ1) is 15.9. The second-order valence-electron chi connectivity index (χ2n) is 7.99. The zero-order chi connectivity index (χ0) is 23.7. The van der Waals surface area contributed by atoms with Crippen molar-refractivity contribution in [2.45, 2.75) is 49.9 Å². The SMILES string of the molecule is CCCCCC(c1ccccc1)C(POC(=O)C(F)(F)F)(c1ccccc1)c1ccccc1. The van der Waals surface area contributed by atoms with Gasteiger partial charge in [-0.15, -0.1) is 0 Å². The van der Waals surface area contributed by atoms with Crippen LogP contribution in [-0.4, -0.2) is 12.1 Å². The lowest BCUT2D eigenvalue weighted by molar-refractivity contribution is -0.188. The lowest BCUT2D eigenvalue weighted by Gasteiger charge is -2.41. The number of rotatable bonds is 10. The summed E-state index contributed by atoms with van der Waals surface area (Å²) in [5, 5.41) is -0.960. The summed E-state index contributed by atoms with van der Waals surface area (Å²) < 4.78 is 44.4. The highest BCUT2D eigenvalue weighted by molar-refractivity contribution is 7.35. The Balaban J connectivity index is 2.22. The molecule has 2 nitrogen and oxygen atoms in total. The average Bonchev–Trinajstić information content (AvgIpc) is 2.84. The molecule has 174 valence electrons. The fraction of sp³-hybridized carbons (Fsp3) is 0.296. The highest BCUT2D eigenvalue weighted by Crippen LogP contribution is 2.58. The minimum absolute atomic E-state index is 0.186. The van der Waals surface area contributed by atoms with Crippen LogP contribution in [0.2, 0.25) is 0 Å². The molecule has 0 saturated carbocycles. The molecule has 0 aliphatic heterocycles. The number of alkyl halides is 3. The Kier molecular flexibility index (Phi) is 8.68. The molecule has 0 N–H and O–H groups in total. The number of carbonyl (C=O) groups excluding carboxylic acids is 1. The van der Waals surface area contributed by atoms with Crippen molar-refractivity contribution in [2.24, 2.45) is 0 Å². The summed E-state index contributed by atoms with van der Waals surface area (Å²) in [5.41, 5.74) is 2.67. The number of carbonyl (C=O) groups is 1. The van der Waals surface area contributed by atoms with Crippen molar-refractivity contribution >= 4 is 14.8 Å². The molecule has 0 aliphatic rings. The van der Waals surface area contributed by atoms with Crippen LogP contribution in [0.4, 0.5) is 13.2 Å². The monoisotopic (exact) mass is 472 g/mol. The Morgan fingerprint density at radius 1 is 0.818 bits per heavy atom. The first-order valence-electron chi connectivity index (χ1n) is 11.1. The van der Waals surface area contributed by atoms with Crippen molar-refractivity contribution < 1.29 is 22.5 Å². The van der Waals surface area contributed by atoms with Gasteiger partial charge in [-0.2, -0.15) is 13.2 Å². The minimum atomic E-state index is -5.05. The smallest absolute Gasteiger partial charge is 0.440 e. The van der Waals surface area contributed by atoms with Gasteiger partial charge in [0.25, 0.3) is 0 Å². The lowest BCUT2D eigenvalue weighted by atomic mass is 9.74.